The van der Waals surface area contributed by atoms with E-state index >= 15 is 0 Å². The lowest BCUT2D eigenvalue weighted by Crippen LogP contribution is -2.33. The van der Waals surface area contributed by atoms with Gasteiger partial charge in [-0.15, -0.1) is 0 Å². The van der Waals surface area contributed by atoms with E-state index in [4.69, 9.17) is 14.3 Å². The zero-order valence-electron chi connectivity index (χ0n) is 13.9. The third-order valence-corrected chi connectivity index (χ3v) is 4.09. The lowest BCUT2D eigenvalue weighted by molar-refractivity contribution is -0.141. The van der Waals surface area contributed by atoms with E-state index in [1.54, 1.807) is 36.4 Å². The van der Waals surface area contributed by atoms with Gasteiger partial charge < -0.3 is 24.5 Å². The quantitative estimate of drug-likeness (QED) is 0.816. The smallest absolute Gasteiger partial charge is 0.308 e. The summed E-state index contributed by atoms with van der Waals surface area (Å²) < 4.78 is 10.5. The van der Waals surface area contributed by atoms with E-state index in [0.717, 1.165) is 0 Å². The second-order valence-corrected chi connectivity index (χ2v) is 5.91. The molecule has 2 heterocycles. The molecular weight excluding hydrogens is 340 g/mol. The Balaban J connectivity index is 1.53. The maximum absolute atomic E-state index is 12.1. The summed E-state index contributed by atoms with van der Waals surface area (Å²) in [6.45, 7) is 0.428. The fourth-order valence-corrected chi connectivity index (χ4v) is 2.69. The van der Waals surface area contributed by atoms with Crippen LogP contribution >= 0.6 is 0 Å². The van der Waals surface area contributed by atoms with Gasteiger partial charge in [0, 0.05) is 24.8 Å². The first kappa shape index (κ1) is 17.5. The van der Waals surface area contributed by atoms with Crippen LogP contribution in [0.3, 0.4) is 0 Å². The minimum absolute atomic E-state index is 0.188. The van der Waals surface area contributed by atoms with E-state index < -0.39 is 11.9 Å². The average Bonchev–Trinajstić information content (AvgIpc) is 3.31. The highest BCUT2D eigenvalue weighted by Crippen LogP contribution is 2.20. The fourth-order valence-electron chi connectivity index (χ4n) is 2.69. The SMILES string of the molecule is O=C(Nc1cccc(OCC(=O)N2CCC(C(=O)O)C2)c1)c1ccco1. The first-order valence-corrected chi connectivity index (χ1v) is 8.11. The van der Waals surface area contributed by atoms with Crippen molar-refractivity contribution in [3.05, 3.63) is 48.4 Å². The molecule has 26 heavy (non-hydrogen) atoms. The van der Waals surface area contributed by atoms with Gasteiger partial charge in [-0.1, -0.05) is 6.07 Å². The largest absolute Gasteiger partial charge is 0.484 e. The topological polar surface area (TPSA) is 109 Å². The van der Waals surface area contributed by atoms with Gasteiger partial charge in [0.15, 0.2) is 12.4 Å². The normalized spacial score (nSPS) is 16.3. The van der Waals surface area contributed by atoms with Crippen LogP contribution in [0.5, 0.6) is 5.75 Å². The summed E-state index contributed by atoms with van der Waals surface area (Å²) in [6.07, 6.45) is 1.86. The number of benzene rings is 1. The molecule has 1 fully saturated rings. The van der Waals surface area contributed by atoms with Crippen molar-refractivity contribution in [3.63, 3.8) is 0 Å². The number of aliphatic carboxylic acids is 1. The van der Waals surface area contributed by atoms with E-state index in [1.165, 1.54) is 11.2 Å². The minimum Gasteiger partial charge on any atom is -0.484 e. The molecule has 2 amide bonds. The summed E-state index contributed by atoms with van der Waals surface area (Å²) in [7, 11) is 0. The number of nitrogens with one attached hydrogen (secondary N) is 1. The zero-order valence-corrected chi connectivity index (χ0v) is 13.9. The third-order valence-electron chi connectivity index (χ3n) is 4.09. The van der Waals surface area contributed by atoms with Gasteiger partial charge in [-0.3, -0.25) is 14.4 Å². The molecule has 0 radical (unpaired) electrons. The summed E-state index contributed by atoms with van der Waals surface area (Å²) in [4.78, 5) is 36.5. The summed E-state index contributed by atoms with van der Waals surface area (Å²) in [5, 5.41) is 11.7. The molecule has 0 bridgehead atoms. The predicted octanol–water partition coefficient (Wildman–Crippen LogP) is 1.84. The van der Waals surface area contributed by atoms with Crippen molar-refractivity contribution in [1.29, 1.82) is 0 Å². The van der Waals surface area contributed by atoms with Crippen molar-refractivity contribution in [2.24, 2.45) is 5.92 Å². The molecule has 1 unspecified atom stereocenters. The van der Waals surface area contributed by atoms with Crippen molar-refractivity contribution < 1.29 is 28.6 Å². The summed E-state index contributed by atoms with van der Waals surface area (Å²) in [5.41, 5.74) is 0.503. The van der Waals surface area contributed by atoms with Gasteiger partial charge in [-0.2, -0.15) is 0 Å². The molecule has 0 saturated carbocycles. The second kappa shape index (κ2) is 7.73. The van der Waals surface area contributed by atoms with Gasteiger partial charge in [0.1, 0.15) is 5.75 Å². The number of carbonyl (C=O) groups excluding carboxylic acids is 2. The van der Waals surface area contributed by atoms with E-state index in [2.05, 4.69) is 5.32 Å². The lowest BCUT2D eigenvalue weighted by Gasteiger charge is -2.16. The maximum Gasteiger partial charge on any atom is 0.308 e. The number of likely N-dealkylation sites (tertiary alicyclic amines) is 1. The van der Waals surface area contributed by atoms with Crippen LogP contribution in [-0.4, -0.2) is 47.5 Å². The molecule has 1 aromatic carbocycles. The first-order chi connectivity index (χ1) is 12.5. The number of nitrogens with zero attached hydrogens (tertiary/aromatic N) is 1. The van der Waals surface area contributed by atoms with Gasteiger partial charge in [-0.25, -0.2) is 0 Å². The van der Waals surface area contributed by atoms with Crippen molar-refractivity contribution in [3.8, 4) is 5.75 Å². The predicted molar refractivity (Wildman–Crippen MR) is 90.9 cm³/mol. The molecule has 1 atom stereocenters. The molecule has 0 spiro atoms. The Morgan fingerprint density at radius 1 is 1.27 bits per heavy atom. The van der Waals surface area contributed by atoms with E-state index in [9.17, 15) is 14.4 Å². The number of ether oxygens (including phenoxy) is 1. The lowest BCUT2D eigenvalue weighted by atomic mass is 10.1. The number of rotatable bonds is 6. The Morgan fingerprint density at radius 3 is 2.81 bits per heavy atom. The van der Waals surface area contributed by atoms with Crippen LogP contribution in [-0.2, 0) is 9.59 Å². The monoisotopic (exact) mass is 358 g/mol. The molecule has 2 aromatic rings. The van der Waals surface area contributed by atoms with Crippen LogP contribution in [0.2, 0.25) is 0 Å². The number of hydrogen-bond acceptors (Lipinski definition) is 5. The highest BCUT2D eigenvalue weighted by atomic mass is 16.5. The molecule has 136 valence electrons. The van der Waals surface area contributed by atoms with Crippen molar-refractivity contribution in [2.75, 3.05) is 25.0 Å². The number of carbonyl (C=O) groups is 3. The van der Waals surface area contributed by atoms with Crippen molar-refractivity contribution in [2.45, 2.75) is 6.42 Å². The molecule has 0 aliphatic carbocycles. The van der Waals surface area contributed by atoms with Crippen LogP contribution in [0.25, 0.3) is 0 Å². The Bertz CT molecular complexity index is 802. The number of anilines is 1. The maximum atomic E-state index is 12.1. The second-order valence-electron chi connectivity index (χ2n) is 5.91. The molecule has 1 aliphatic heterocycles. The molecule has 8 nitrogen and oxygen atoms in total. The number of carboxylic acid groups (broad SMARTS) is 1. The number of carboxylic acids is 1. The standard InChI is InChI=1S/C18H18N2O6/c21-16(20-7-6-12(10-20)18(23)24)11-26-14-4-1-3-13(9-14)19-17(22)15-5-2-8-25-15/h1-5,8-9,12H,6-7,10-11H2,(H,19,22)(H,23,24). The van der Waals surface area contributed by atoms with Gasteiger partial charge in [0.2, 0.25) is 0 Å². The van der Waals surface area contributed by atoms with Crippen LogP contribution in [0, 0.1) is 5.92 Å². The zero-order chi connectivity index (χ0) is 18.5. The van der Waals surface area contributed by atoms with Crippen LogP contribution in [0.1, 0.15) is 17.0 Å². The highest BCUT2D eigenvalue weighted by Gasteiger charge is 2.30. The molecular formula is C18H18N2O6. The van der Waals surface area contributed by atoms with Crippen LogP contribution in [0.15, 0.2) is 47.1 Å². The van der Waals surface area contributed by atoms with E-state index in [-0.39, 0.29) is 30.7 Å². The summed E-state index contributed by atoms with van der Waals surface area (Å²) in [6, 6.07) is 9.81. The minimum atomic E-state index is -0.888. The molecule has 1 saturated heterocycles. The number of amides is 2. The van der Waals surface area contributed by atoms with Crippen LogP contribution < -0.4 is 10.1 Å². The van der Waals surface area contributed by atoms with Gasteiger partial charge in [-0.05, 0) is 30.7 Å². The van der Waals surface area contributed by atoms with Gasteiger partial charge in [0.25, 0.3) is 11.8 Å². The Hall–Kier alpha value is -3.29. The fraction of sp³-hybridized carbons (Fsp3) is 0.278. The third kappa shape index (κ3) is 4.21. The molecule has 3 rings (SSSR count). The highest BCUT2D eigenvalue weighted by molar-refractivity contribution is 6.02. The molecule has 2 N–H and O–H groups in total. The molecule has 8 heteroatoms. The van der Waals surface area contributed by atoms with Gasteiger partial charge >= 0.3 is 5.97 Å². The molecule has 1 aromatic heterocycles. The van der Waals surface area contributed by atoms with E-state index in [0.29, 0.717) is 24.4 Å². The Kier molecular flexibility index (Phi) is 5.21. The summed E-state index contributed by atoms with van der Waals surface area (Å²) in [5.74, 6) is -1.45. The first-order valence-electron chi connectivity index (χ1n) is 8.11. The van der Waals surface area contributed by atoms with E-state index in [1.807, 2.05) is 0 Å². The Labute approximate surface area is 149 Å². The molecule has 1 aliphatic rings. The van der Waals surface area contributed by atoms with Crippen LogP contribution in [0.4, 0.5) is 5.69 Å². The Morgan fingerprint density at radius 2 is 2.12 bits per heavy atom. The number of furan rings is 1. The van der Waals surface area contributed by atoms with Crippen molar-refractivity contribution in [1.82, 2.24) is 4.90 Å². The average molecular weight is 358 g/mol. The van der Waals surface area contributed by atoms with Gasteiger partial charge in [0.05, 0.1) is 12.2 Å². The number of hydrogen-bond donors (Lipinski definition) is 2. The van der Waals surface area contributed by atoms with Crippen molar-refractivity contribution >= 4 is 23.5 Å². The summed E-state index contributed by atoms with van der Waals surface area (Å²) >= 11 is 0.